The van der Waals surface area contributed by atoms with E-state index < -0.39 is 0 Å². The van der Waals surface area contributed by atoms with Crippen LogP contribution in [0, 0.1) is 0 Å². The van der Waals surface area contributed by atoms with Crippen molar-refractivity contribution in [1.82, 2.24) is 0 Å². The number of hydrogen-bond acceptors (Lipinski definition) is 2. The highest BCUT2D eigenvalue weighted by Crippen LogP contribution is 2.06. The second-order valence-corrected chi connectivity index (χ2v) is 2.67. The zero-order valence-electron chi connectivity index (χ0n) is 7.36. The second-order valence-electron chi connectivity index (χ2n) is 2.67. The number of rotatable bonds is 3. The van der Waals surface area contributed by atoms with E-state index in [4.69, 9.17) is 0 Å². The summed E-state index contributed by atoms with van der Waals surface area (Å²) in [4.78, 5) is 20.9. The Balaban J connectivity index is 2.87. The summed E-state index contributed by atoms with van der Waals surface area (Å²) in [5.74, 6) is 0.0471. The number of allylic oxidation sites excluding steroid dienone is 1. The molecule has 1 aromatic carbocycles. The molecule has 0 unspecified atom stereocenters. The average molecular weight is 174 g/mol. The van der Waals surface area contributed by atoms with Crippen LogP contribution in [0.15, 0.2) is 30.3 Å². The number of hydrogen-bond donors (Lipinski definition) is 0. The summed E-state index contributed by atoms with van der Waals surface area (Å²) in [5, 5.41) is 0. The highest BCUT2D eigenvalue weighted by Gasteiger charge is 1.96. The predicted molar refractivity (Wildman–Crippen MR) is 51.5 cm³/mol. The van der Waals surface area contributed by atoms with Crippen molar-refractivity contribution in [1.29, 1.82) is 0 Å². The van der Waals surface area contributed by atoms with Crippen molar-refractivity contribution in [2.45, 2.75) is 6.92 Å². The Kier molecular flexibility index (Phi) is 3.15. The lowest BCUT2D eigenvalue weighted by atomic mass is 10.1. The Labute approximate surface area is 76.9 Å². The molecular weight excluding hydrogens is 164 g/mol. The van der Waals surface area contributed by atoms with Crippen molar-refractivity contribution >= 4 is 18.1 Å². The molecular formula is C11H10O2. The molecule has 0 radical (unpaired) electrons. The Morgan fingerprint density at radius 1 is 1.23 bits per heavy atom. The molecule has 0 bridgehead atoms. The second kappa shape index (κ2) is 4.36. The van der Waals surface area contributed by atoms with Gasteiger partial charge in [-0.05, 0) is 18.6 Å². The smallest absolute Gasteiger partial charge is 0.159 e. The third kappa shape index (κ3) is 2.67. The van der Waals surface area contributed by atoms with E-state index in [9.17, 15) is 9.59 Å². The third-order valence-electron chi connectivity index (χ3n) is 1.68. The number of aldehydes is 1. The number of ketones is 1. The van der Waals surface area contributed by atoms with Crippen LogP contribution in [-0.4, -0.2) is 12.1 Å². The van der Waals surface area contributed by atoms with Gasteiger partial charge in [0, 0.05) is 5.56 Å². The Morgan fingerprint density at radius 2 is 1.85 bits per heavy atom. The van der Waals surface area contributed by atoms with Gasteiger partial charge in [-0.1, -0.05) is 30.3 Å². The van der Waals surface area contributed by atoms with Gasteiger partial charge in [-0.15, -0.1) is 0 Å². The van der Waals surface area contributed by atoms with Crippen molar-refractivity contribution < 1.29 is 9.59 Å². The lowest BCUT2D eigenvalue weighted by Gasteiger charge is -1.95. The fourth-order valence-electron chi connectivity index (χ4n) is 0.979. The van der Waals surface area contributed by atoms with Crippen LogP contribution in [-0.2, 0) is 4.79 Å². The van der Waals surface area contributed by atoms with Gasteiger partial charge in [0.2, 0.25) is 0 Å². The topological polar surface area (TPSA) is 34.1 Å². The molecule has 0 atom stereocenters. The molecule has 0 saturated heterocycles. The first-order valence-corrected chi connectivity index (χ1v) is 3.97. The molecule has 0 amide bonds. The Morgan fingerprint density at radius 3 is 2.31 bits per heavy atom. The summed E-state index contributed by atoms with van der Waals surface area (Å²) in [7, 11) is 0. The SMILES string of the molecule is CC(=O)c1ccc(/C=C/C=O)cc1. The van der Waals surface area contributed by atoms with Crippen LogP contribution in [0.1, 0.15) is 22.8 Å². The van der Waals surface area contributed by atoms with Gasteiger partial charge in [0.25, 0.3) is 0 Å². The van der Waals surface area contributed by atoms with Gasteiger partial charge >= 0.3 is 0 Å². The monoisotopic (exact) mass is 174 g/mol. The van der Waals surface area contributed by atoms with Crippen molar-refractivity contribution in [3.63, 3.8) is 0 Å². The highest BCUT2D eigenvalue weighted by molar-refractivity contribution is 5.94. The van der Waals surface area contributed by atoms with Gasteiger partial charge in [0.1, 0.15) is 6.29 Å². The number of carbonyl (C=O) groups is 2. The van der Waals surface area contributed by atoms with Crippen molar-refractivity contribution in [2.24, 2.45) is 0 Å². The van der Waals surface area contributed by atoms with Crippen molar-refractivity contribution in [3.8, 4) is 0 Å². The number of carbonyl (C=O) groups excluding carboxylic acids is 2. The average Bonchev–Trinajstić information content (AvgIpc) is 2.15. The van der Waals surface area contributed by atoms with Crippen LogP contribution < -0.4 is 0 Å². The first kappa shape index (κ1) is 9.39. The van der Waals surface area contributed by atoms with Crippen LogP contribution in [0.25, 0.3) is 6.08 Å². The zero-order chi connectivity index (χ0) is 9.68. The molecule has 1 rings (SSSR count). The number of Topliss-reactive ketones (excluding diaryl/α,β-unsaturated/α-hetero) is 1. The molecule has 0 aromatic heterocycles. The normalized spacial score (nSPS) is 10.2. The summed E-state index contributed by atoms with van der Waals surface area (Å²) in [5.41, 5.74) is 1.60. The summed E-state index contributed by atoms with van der Waals surface area (Å²) in [6.45, 7) is 1.52. The van der Waals surface area contributed by atoms with Crippen LogP contribution in [0.5, 0.6) is 0 Å². The molecule has 0 aliphatic heterocycles. The lowest BCUT2D eigenvalue weighted by Crippen LogP contribution is -1.90. The molecule has 0 aliphatic rings. The minimum Gasteiger partial charge on any atom is -0.299 e. The number of benzene rings is 1. The maximum Gasteiger partial charge on any atom is 0.159 e. The largest absolute Gasteiger partial charge is 0.299 e. The summed E-state index contributed by atoms with van der Waals surface area (Å²) in [6.07, 6.45) is 3.83. The minimum absolute atomic E-state index is 0.0471. The summed E-state index contributed by atoms with van der Waals surface area (Å²) in [6, 6.07) is 7.09. The van der Waals surface area contributed by atoms with Gasteiger partial charge in [-0.2, -0.15) is 0 Å². The lowest BCUT2D eigenvalue weighted by molar-refractivity contribution is -0.104. The quantitative estimate of drug-likeness (QED) is 0.399. The molecule has 0 spiro atoms. The van der Waals surface area contributed by atoms with E-state index in [1.807, 2.05) is 0 Å². The van der Waals surface area contributed by atoms with Gasteiger partial charge in [0.05, 0.1) is 0 Å². The molecule has 0 heterocycles. The van der Waals surface area contributed by atoms with E-state index in [1.165, 1.54) is 13.0 Å². The standard InChI is InChI=1S/C11H10O2/c1-9(13)11-6-4-10(5-7-11)3-2-8-12/h2-8H,1H3/b3-2+. The van der Waals surface area contributed by atoms with Crippen LogP contribution in [0.2, 0.25) is 0 Å². The van der Waals surface area contributed by atoms with Crippen LogP contribution in [0.3, 0.4) is 0 Å². The zero-order valence-corrected chi connectivity index (χ0v) is 7.36. The van der Waals surface area contributed by atoms with E-state index in [0.29, 0.717) is 5.56 Å². The highest BCUT2D eigenvalue weighted by atomic mass is 16.1. The minimum atomic E-state index is 0.0471. The van der Waals surface area contributed by atoms with Crippen LogP contribution in [0.4, 0.5) is 0 Å². The first-order valence-electron chi connectivity index (χ1n) is 3.97. The van der Waals surface area contributed by atoms with E-state index in [1.54, 1.807) is 30.3 Å². The Bertz CT molecular complexity index is 334. The Hall–Kier alpha value is -1.70. The molecule has 0 N–H and O–H groups in total. The van der Waals surface area contributed by atoms with Gasteiger partial charge in [-0.25, -0.2) is 0 Å². The summed E-state index contributed by atoms with van der Waals surface area (Å²) >= 11 is 0. The maximum atomic E-state index is 10.9. The molecule has 13 heavy (non-hydrogen) atoms. The molecule has 0 fully saturated rings. The molecule has 2 heteroatoms. The van der Waals surface area contributed by atoms with Gasteiger partial charge in [-0.3, -0.25) is 9.59 Å². The fraction of sp³-hybridized carbons (Fsp3) is 0.0909. The van der Waals surface area contributed by atoms with Crippen molar-refractivity contribution in [3.05, 3.63) is 41.5 Å². The fourth-order valence-corrected chi connectivity index (χ4v) is 0.979. The van der Waals surface area contributed by atoms with E-state index in [2.05, 4.69) is 0 Å². The maximum absolute atomic E-state index is 10.9. The van der Waals surface area contributed by atoms with E-state index in [0.717, 1.165) is 11.8 Å². The third-order valence-corrected chi connectivity index (χ3v) is 1.68. The molecule has 0 saturated carbocycles. The molecule has 1 aromatic rings. The van der Waals surface area contributed by atoms with Gasteiger partial charge in [0.15, 0.2) is 5.78 Å². The molecule has 2 nitrogen and oxygen atoms in total. The van der Waals surface area contributed by atoms with Crippen LogP contribution >= 0.6 is 0 Å². The van der Waals surface area contributed by atoms with Gasteiger partial charge < -0.3 is 0 Å². The molecule has 66 valence electrons. The van der Waals surface area contributed by atoms with E-state index >= 15 is 0 Å². The summed E-state index contributed by atoms with van der Waals surface area (Å²) < 4.78 is 0. The predicted octanol–water partition coefficient (Wildman–Crippen LogP) is 2.10. The van der Waals surface area contributed by atoms with Crippen molar-refractivity contribution in [2.75, 3.05) is 0 Å². The van der Waals surface area contributed by atoms with E-state index in [-0.39, 0.29) is 5.78 Å². The first-order chi connectivity index (χ1) is 6.24. The molecule has 0 aliphatic carbocycles.